The zero-order valence-corrected chi connectivity index (χ0v) is 15.5. The Balaban J connectivity index is 1.93. The molecule has 2 nitrogen and oxygen atoms in total. The summed E-state index contributed by atoms with van der Waals surface area (Å²) in [4.78, 5) is 3.40. The molecule has 3 aromatic rings. The van der Waals surface area contributed by atoms with Gasteiger partial charge in [-0.2, -0.15) is 0 Å². The van der Waals surface area contributed by atoms with Crippen molar-refractivity contribution in [2.45, 2.75) is 25.3 Å². The number of rotatable bonds is 1. The van der Waals surface area contributed by atoms with E-state index in [0.717, 1.165) is 9.99 Å². The minimum absolute atomic E-state index is 0.000167. The summed E-state index contributed by atoms with van der Waals surface area (Å²) in [6.07, 6.45) is 2.13. The van der Waals surface area contributed by atoms with E-state index < -0.39 is 0 Å². The molecule has 1 aliphatic heterocycles. The molecule has 1 aromatic heterocycles. The van der Waals surface area contributed by atoms with Crippen LogP contribution in [0, 0.1) is 0 Å². The lowest BCUT2D eigenvalue weighted by atomic mass is 9.78. The first-order chi connectivity index (χ1) is 10.5. The van der Waals surface area contributed by atoms with Crippen molar-refractivity contribution in [1.82, 2.24) is 4.98 Å². The molecule has 0 saturated carbocycles. The Bertz CT molecular complexity index is 880. The molecule has 4 heteroatoms. The molecular formula is C18H16Br2N2. The fourth-order valence-electron chi connectivity index (χ4n) is 3.64. The highest BCUT2D eigenvalue weighted by Gasteiger charge is 2.42. The van der Waals surface area contributed by atoms with Crippen LogP contribution in [0.2, 0.25) is 0 Å². The number of aromatic amines is 1. The van der Waals surface area contributed by atoms with Crippen LogP contribution in [0.3, 0.4) is 0 Å². The first-order valence-electron chi connectivity index (χ1n) is 7.31. The lowest BCUT2D eigenvalue weighted by molar-refractivity contribution is 0.474. The quantitative estimate of drug-likeness (QED) is 0.487. The summed E-state index contributed by atoms with van der Waals surface area (Å²) in [7, 11) is 0. The van der Waals surface area contributed by atoms with E-state index in [-0.39, 0.29) is 11.5 Å². The zero-order chi connectivity index (χ0) is 15.5. The molecule has 0 aliphatic carbocycles. The first-order valence-corrected chi connectivity index (χ1v) is 8.90. The monoisotopic (exact) mass is 418 g/mol. The number of fused-ring (bicyclic) bond motifs is 2. The number of anilines is 1. The van der Waals surface area contributed by atoms with Gasteiger partial charge in [-0.15, -0.1) is 0 Å². The number of hydrogen-bond acceptors (Lipinski definition) is 1. The van der Waals surface area contributed by atoms with Gasteiger partial charge in [-0.3, -0.25) is 0 Å². The molecule has 2 heterocycles. The van der Waals surface area contributed by atoms with Crippen molar-refractivity contribution in [3.63, 3.8) is 0 Å². The van der Waals surface area contributed by atoms with Crippen LogP contribution in [0.25, 0.3) is 10.9 Å². The number of hydrogen-bond donors (Lipinski definition) is 2. The molecule has 1 unspecified atom stereocenters. The van der Waals surface area contributed by atoms with Crippen LogP contribution >= 0.6 is 31.9 Å². The van der Waals surface area contributed by atoms with E-state index in [2.05, 4.69) is 98.6 Å². The van der Waals surface area contributed by atoms with E-state index >= 15 is 0 Å². The highest BCUT2D eigenvalue weighted by molar-refractivity contribution is 9.11. The summed E-state index contributed by atoms with van der Waals surface area (Å²) in [5, 5.41) is 4.98. The van der Waals surface area contributed by atoms with E-state index in [0.29, 0.717) is 0 Å². The van der Waals surface area contributed by atoms with Crippen molar-refractivity contribution >= 4 is 48.5 Å². The second kappa shape index (κ2) is 4.87. The van der Waals surface area contributed by atoms with Gasteiger partial charge in [0.15, 0.2) is 0 Å². The molecule has 2 N–H and O–H groups in total. The highest BCUT2D eigenvalue weighted by atomic mass is 79.9. The third-order valence-corrected chi connectivity index (χ3v) is 6.00. The summed E-state index contributed by atoms with van der Waals surface area (Å²) in [5.41, 5.74) is 5.03. The summed E-state index contributed by atoms with van der Waals surface area (Å²) in [6, 6.07) is 12.9. The van der Waals surface area contributed by atoms with Gasteiger partial charge in [0.05, 0.1) is 6.04 Å². The van der Waals surface area contributed by atoms with Crippen LogP contribution in [-0.4, -0.2) is 4.98 Å². The summed E-state index contributed by atoms with van der Waals surface area (Å²) >= 11 is 7.42. The highest BCUT2D eigenvalue weighted by Crippen LogP contribution is 2.52. The predicted molar refractivity (Wildman–Crippen MR) is 99.5 cm³/mol. The Kier molecular flexibility index (Phi) is 3.17. The maximum Gasteiger partial charge on any atom is 0.0627 e. The number of nitrogens with one attached hydrogen (secondary N) is 2. The molecular weight excluding hydrogens is 404 g/mol. The van der Waals surface area contributed by atoms with E-state index in [1.807, 2.05) is 0 Å². The molecule has 1 atom stereocenters. The molecule has 0 spiro atoms. The number of aromatic nitrogens is 1. The van der Waals surface area contributed by atoms with Crippen molar-refractivity contribution in [1.29, 1.82) is 0 Å². The molecule has 1 aliphatic rings. The van der Waals surface area contributed by atoms with Gasteiger partial charge in [-0.1, -0.05) is 57.8 Å². The summed E-state index contributed by atoms with van der Waals surface area (Å²) < 4.78 is 2.30. The van der Waals surface area contributed by atoms with Gasteiger partial charge in [-0.05, 0) is 29.8 Å². The SMILES string of the molecule is CC1(C)c2c(Br)cccc2NC1c1c[nH]c2cccc(Br)c12. The summed E-state index contributed by atoms with van der Waals surface area (Å²) in [6.45, 7) is 4.61. The van der Waals surface area contributed by atoms with Gasteiger partial charge in [0.1, 0.15) is 0 Å². The normalized spacial score (nSPS) is 19.2. The third kappa shape index (κ3) is 1.90. The largest absolute Gasteiger partial charge is 0.377 e. The van der Waals surface area contributed by atoms with Gasteiger partial charge in [0.25, 0.3) is 0 Å². The zero-order valence-electron chi connectivity index (χ0n) is 12.4. The molecule has 4 rings (SSSR count). The molecule has 112 valence electrons. The van der Waals surface area contributed by atoms with Crippen LogP contribution in [0.15, 0.2) is 51.5 Å². The fraction of sp³-hybridized carbons (Fsp3) is 0.222. The average molecular weight is 420 g/mol. The van der Waals surface area contributed by atoms with Gasteiger partial charge in [0, 0.05) is 42.7 Å². The molecule has 0 saturated heterocycles. The predicted octanol–water partition coefficient (Wildman–Crippen LogP) is 6.14. The molecule has 0 fully saturated rings. The van der Waals surface area contributed by atoms with Crippen LogP contribution in [0.1, 0.15) is 31.0 Å². The molecule has 0 amide bonds. The molecule has 0 bridgehead atoms. The second-order valence-corrected chi connectivity index (χ2v) is 8.08. The Hall–Kier alpha value is -1.26. The van der Waals surface area contributed by atoms with Gasteiger partial charge in [0.2, 0.25) is 0 Å². The van der Waals surface area contributed by atoms with Crippen LogP contribution in [0.5, 0.6) is 0 Å². The van der Waals surface area contributed by atoms with Gasteiger partial charge in [-0.25, -0.2) is 0 Å². The Labute approximate surface area is 146 Å². The Morgan fingerprint density at radius 2 is 1.73 bits per heavy atom. The maximum atomic E-state index is 3.72. The molecule has 0 radical (unpaired) electrons. The number of benzene rings is 2. The van der Waals surface area contributed by atoms with Gasteiger partial charge < -0.3 is 10.3 Å². The first kappa shape index (κ1) is 14.3. The van der Waals surface area contributed by atoms with Crippen molar-refractivity contribution < 1.29 is 0 Å². The van der Waals surface area contributed by atoms with Gasteiger partial charge >= 0.3 is 0 Å². The lowest BCUT2D eigenvalue weighted by Crippen LogP contribution is -2.25. The average Bonchev–Trinajstić information content (AvgIpc) is 2.99. The van der Waals surface area contributed by atoms with Crippen LogP contribution in [-0.2, 0) is 5.41 Å². The molecule has 22 heavy (non-hydrogen) atoms. The topological polar surface area (TPSA) is 27.8 Å². The standard InChI is InChI=1S/C18H16Br2N2/c1-18(2)16-12(20)6-4-8-14(16)22-17(18)10-9-21-13-7-3-5-11(19)15(10)13/h3-9,17,21-22H,1-2H3. The van der Waals surface area contributed by atoms with Crippen LogP contribution < -0.4 is 5.32 Å². The van der Waals surface area contributed by atoms with Crippen molar-refractivity contribution in [2.24, 2.45) is 0 Å². The maximum absolute atomic E-state index is 3.72. The van der Waals surface area contributed by atoms with Crippen molar-refractivity contribution in [2.75, 3.05) is 5.32 Å². The van der Waals surface area contributed by atoms with E-state index in [4.69, 9.17) is 0 Å². The minimum atomic E-state index is -0.000167. The van der Waals surface area contributed by atoms with E-state index in [1.165, 1.54) is 26.7 Å². The Morgan fingerprint density at radius 1 is 1.00 bits per heavy atom. The number of halogens is 2. The Morgan fingerprint density at radius 3 is 2.50 bits per heavy atom. The smallest absolute Gasteiger partial charge is 0.0627 e. The third-order valence-electron chi connectivity index (χ3n) is 4.68. The lowest BCUT2D eigenvalue weighted by Gasteiger charge is -2.28. The minimum Gasteiger partial charge on any atom is -0.377 e. The fourth-order valence-corrected chi connectivity index (χ4v) is 5.11. The second-order valence-electron chi connectivity index (χ2n) is 6.37. The van der Waals surface area contributed by atoms with Crippen LogP contribution in [0.4, 0.5) is 5.69 Å². The number of H-pyrrole nitrogens is 1. The summed E-state index contributed by atoms with van der Waals surface area (Å²) in [5.74, 6) is 0. The van der Waals surface area contributed by atoms with E-state index in [1.54, 1.807) is 0 Å². The van der Waals surface area contributed by atoms with Crippen molar-refractivity contribution in [3.8, 4) is 0 Å². The molecule has 2 aromatic carbocycles. The van der Waals surface area contributed by atoms with E-state index in [9.17, 15) is 0 Å². The van der Waals surface area contributed by atoms with Crippen molar-refractivity contribution in [3.05, 3.63) is 62.7 Å².